The number of fused-ring (bicyclic) bond motifs is 1. The molecule has 5 aromatic rings. The molecule has 2 amide bonds. The minimum absolute atomic E-state index is 0.00672. The van der Waals surface area contributed by atoms with Crippen molar-refractivity contribution in [3.63, 3.8) is 0 Å². The number of imidazole rings is 2. The largest absolute Gasteiger partial charge is 0.508 e. The molecule has 6 atom stereocenters. The van der Waals surface area contributed by atoms with Gasteiger partial charge in [-0.1, -0.05) is 42.5 Å². The number of phenolic OH excluding ortho intramolecular Hbond substituents is 1. The molecular formula is C35H42N10O8. The van der Waals surface area contributed by atoms with Crippen LogP contribution >= 0.6 is 0 Å². The molecular weight excluding hydrogens is 688 g/mol. The zero-order chi connectivity index (χ0) is 37.2. The second-order valence-electron chi connectivity index (χ2n) is 13.5. The van der Waals surface area contributed by atoms with Crippen molar-refractivity contribution in [1.82, 2.24) is 39.7 Å². The van der Waals surface area contributed by atoms with Crippen LogP contribution in [0.3, 0.4) is 0 Å². The number of aromatic nitrogens is 6. The van der Waals surface area contributed by atoms with Crippen LogP contribution in [0.2, 0.25) is 0 Å². The number of aliphatic hydroxyl groups is 4. The van der Waals surface area contributed by atoms with Gasteiger partial charge in [0.05, 0.1) is 37.7 Å². The van der Waals surface area contributed by atoms with Gasteiger partial charge in [-0.15, -0.1) is 0 Å². The molecule has 18 nitrogen and oxygen atoms in total. The molecule has 2 fully saturated rings. The van der Waals surface area contributed by atoms with Crippen LogP contribution in [0.4, 0.5) is 16.6 Å². The summed E-state index contributed by atoms with van der Waals surface area (Å²) in [4.78, 5) is 44.0. The second kappa shape index (κ2) is 15.1. The number of carbonyl (C=O) groups is 1. The van der Waals surface area contributed by atoms with Crippen LogP contribution in [0, 0.1) is 0 Å². The Morgan fingerprint density at radius 3 is 2.51 bits per heavy atom. The summed E-state index contributed by atoms with van der Waals surface area (Å²) in [5, 5.41) is 71.7. The smallest absolute Gasteiger partial charge is 0.329 e. The number of benzene rings is 2. The summed E-state index contributed by atoms with van der Waals surface area (Å²) < 4.78 is 2.53. The highest BCUT2D eigenvalue weighted by molar-refractivity contribution is 5.85. The van der Waals surface area contributed by atoms with Gasteiger partial charge in [-0.25, -0.2) is 14.6 Å². The maximum Gasteiger partial charge on any atom is 0.329 e. The van der Waals surface area contributed by atoms with Crippen LogP contribution in [0.1, 0.15) is 41.7 Å². The molecule has 280 valence electrons. The van der Waals surface area contributed by atoms with Gasteiger partial charge in [0.1, 0.15) is 23.7 Å². The summed E-state index contributed by atoms with van der Waals surface area (Å²) in [6, 6.07) is 13.3. The van der Waals surface area contributed by atoms with E-state index in [4.69, 9.17) is 9.97 Å². The number of hydrogen-bond donors (Lipinski definition) is 10. The highest BCUT2D eigenvalue weighted by Crippen LogP contribution is 2.41. The highest BCUT2D eigenvalue weighted by Gasteiger charge is 2.46. The summed E-state index contributed by atoms with van der Waals surface area (Å²) in [6.07, 6.45) is -0.314. The van der Waals surface area contributed by atoms with Crippen LogP contribution in [0.5, 0.6) is 11.6 Å². The van der Waals surface area contributed by atoms with E-state index in [-0.39, 0.29) is 43.1 Å². The number of rotatable bonds is 12. The number of nitrogens with one attached hydrogen (secondary N) is 4. The summed E-state index contributed by atoms with van der Waals surface area (Å²) in [6.45, 7) is 0.263. The fraction of sp³-hybridized carbons (Fsp3) is 0.400. The Labute approximate surface area is 302 Å². The molecule has 2 aliphatic rings. The maximum absolute atomic E-state index is 12.8. The molecule has 0 unspecified atom stereocenters. The Kier molecular flexibility index (Phi) is 10.2. The van der Waals surface area contributed by atoms with Crippen LogP contribution in [-0.2, 0) is 19.6 Å². The molecule has 0 spiro atoms. The predicted octanol–water partition coefficient (Wildman–Crippen LogP) is 0.221. The Morgan fingerprint density at radius 2 is 1.77 bits per heavy atom. The Bertz CT molecular complexity index is 2120. The fourth-order valence-electron chi connectivity index (χ4n) is 7.21. The third-order valence-corrected chi connectivity index (χ3v) is 9.91. The summed E-state index contributed by atoms with van der Waals surface area (Å²) in [7, 11) is 0. The molecule has 0 radical (unpaired) electrons. The first-order valence-electron chi connectivity index (χ1n) is 17.4. The molecule has 3 aromatic heterocycles. The van der Waals surface area contributed by atoms with E-state index in [2.05, 4.69) is 25.9 Å². The minimum atomic E-state index is -1.46. The van der Waals surface area contributed by atoms with Crippen molar-refractivity contribution >= 4 is 29.0 Å². The molecule has 2 aromatic carbocycles. The number of anilines is 2. The fourth-order valence-corrected chi connectivity index (χ4v) is 7.21. The molecule has 10 N–H and O–H groups in total. The van der Waals surface area contributed by atoms with Gasteiger partial charge in [0.25, 0.3) is 0 Å². The zero-order valence-electron chi connectivity index (χ0n) is 28.6. The molecule has 1 aliphatic carbocycles. The number of aliphatic hydroxyl groups excluding tert-OH is 4. The number of phenols is 1. The molecule has 18 heteroatoms. The Hall–Kier alpha value is -5.69. The molecule has 4 heterocycles. The van der Waals surface area contributed by atoms with Crippen molar-refractivity contribution in [3.05, 3.63) is 88.2 Å². The van der Waals surface area contributed by atoms with Gasteiger partial charge in [0, 0.05) is 25.7 Å². The van der Waals surface area contributed by atoms with Gasteiger partial charge >= 0.3 is 11.7 Å². The van der Waals surface area contributed by atoms with Gasteiger partial charge in [-0.2, -0.15) is 9.97 Å². The standard InChI is InChI=1S/C35H42N10O8/c46-16-22(11-19-5-2-1-3-6-19)38-30-27-31(44(18-37-27)25-13-26(29(50)28(25)49)45-32(51)24(17-47)40-35(45)53)42-33(41-30)43-10-9-21(15-43)39-34(52)36-14-20-7-4-8-23(48)12-20/h1-8,12,18,21-22,25-26,28-29,46-51H,9-11,13-17H2,(H,40,53)(H2,36,39,52)(H,38,41,42)/t21-,22+,25-,26+,28+,29-/m1/s1. The van der Waals surface area contributed by atoms with Crippen molar-refractivity contribution in [3.8, 4) is 11.6 Å². The SMILES string of the molecule is O=C(NCc1cccc(O)c1)N[C@@H]1CCN(c2nc(N[C@H](CO)Cc3ccccc3)c3ncn([C@@H]4C[C@H](n5c(O)c(CO)[nH]c5=O)[C@@H](O)[C@H]4O)c3n2)C1. The molecule has 1 saturated heterocycles. The summed E-state index contributed by atoms with van der Waals surface area (Å²) in [5.74, 6) is 0.217. The van der Waals surface area contributed by atoms with E-state index < -0.39 is 48.5 Å². The van der Waals surface area contributed by atoms with Crippen molar-refractivity contribution in [2.45, 2.75) is 68.8 Å². The lowest BCUT2D eigenvalue weighted by molar-refractivity contribution is 0.00758. The lowest BCUT2D eigenvalue weighted by Crippen LogP contribution is -2.43. The number of urea groups is 1. The van der Waals surface area contributed by atoms with Gasteiger partial charge in [-0.05, 0) is 42.5 Å². The van der Waals surface area contributed by atoms with E-state index in [0.29, 0.717) is 48.9 Å². The Morgan fingerprint density at radius 1 is 1.00 bits per heavy atom. The van der Waals surface area contributed by atoms with Crippen LogP contribution in [0.15, 0.2) is 65.7 Å². The number of amides is 2. The van der Waals surface area contributed by atoms with Crippen LogP contribution in [0.25, 0.3) is 11.2 Å². The van der Waals surface area contributed by atoms with Crippen molar-refractivity contribution in [1.29, 1.82) is 0 Å². The third kappa shape index (κ3) is 7.34. The first kappa shape index (κ1) is 35.7. The van der Waals surface area contributed by atoms with E-state index in [1.165, 1.54) is 6.33 Å². The first-order chi connectivity index (χ1) is 25.6. The number of aromatic amines is 1. The predicted molar refractivity (Wildman–Crippen MR) is 191 cm³/mol. The van der Waals surface area contributed by atoms with Crippen molar-refractivity contribution in [2.24, 2.45) is 0 Å². The lowest BCUT2D eigenvalue weighted by atomic mass is 10.1. The van der Waals surface area contributed by atoms with E-state index in [9.17, 15) is 40.2 Å². The quantitative estimate of drug-likeness (QED) is 0.0825. The lowest BCUT2D eigenvalue weighted by Gasteiger charge is -2.22. The number of H-pyrrole nitrogens is 1. The van der Waals surface area contributed by atoms with Gasteiger partial charge in [0.15, 0.2) is 17.0 Å². The number of carbonyl (C=O) groups excluding carboxylic acids is 1. The molecule has 53 heavy (non-hydrogen) atoms. The summed E-state index contributed by atoms with van der Waals surface area (Å²) >= 11 is 0. The van der Waals surface area contributed by atoms with Gasteiger partial charge in [0.2, 0.25) is 11.8 Å². The molecule has 0 bridgehead atoms. The Balaban J connectivity index is 1.16. The first-order valence-corrected chi connectivity index (χ1v) is 17.4. The monoisotopic (exact) mass is 730 g/mol. The topological polar surface area (TPSA) is 259 Å². The van der Waals surface area contributed by atoms with Gasteiger partial charge in [-0.3, -0.25) is 4.57 Å². The third-order valence-electron chi connectivity index (χ3n) is 9.91. The van der Waals surface area contributed by atoms with Gasteiger partial charge < -0.3 is 61.0 Å². The van der Waals surface area contributed by atoms with Crippen LogP contribution in [-0.4, -0.2) is 110 Å². The van der Waals surface area contributed by atoms with E-state index in [1.807, 2.05) is 35.2 Å². The zero-order valence-corrected chi connectivity index (χ0v) is 28.6. The normalized spacial score (nSPS) is 22.0. The van der Waals surface area contributed by atoms with Crippen LogP contribution < -0.4 is 26.5 Å². The van der Waals surface area contributed by atoms with E-state index in [1.54, 1.807) is 28.8 Å². The van der Waals surface area contributed by atoms with E-state index in [0.717, 1.165) is 15.7 Å². The average Bonchev–Trinajstić information content (AvgIpc) is 3.93. The maximum atomic E-state index is 12.8. The number of aromatic hydroxyl groups is 2. The minimum Gasteiger partial charge on any atom is -0.508 e. The van der Waals surface area contributed by atoms with E-state index >= 15 is 0 Å². The molecule has 1 aliphatic heterocycles. The summed E-state index contributed by atoms with van der Waals surface area (Å²) in [5.41, 5.74) is 1.55. The number of hydrogen-bond acceptors (Lipinski definition) is 13. The average molecular weight is 731 g/mol. The van der Waals surface area contributed by atoms with Crippen molar-refractivity contribution in [2.75, 3.05) is 29.9 Å². The van der Waals surface area contributed by atoms with Crippen molar-refractivity contribution < 1.29 is 35.4 Å². The second-order valence-corrected chi connectivity index (χ2v) is 13.5. The highest BCUT2D eigenvalue weighted by atomic mass is 16.3. The number of nitrogens with zero attached hydrogens (tertiary/aromatic N) is 6. The molecule has 7 rings (SSSR count). The molecule has 1 saturated carbocycles.